The molecule has 0 radical (unpaired) electrons. The number of hydrogen-bond acceptors (Lipinski definition) is 3. The van der Waals surface area contributed by atoms with Gasteiger partial charge in [-0.2, -0.15) is 0 Å². The molecule has 0 spiro atoms. The van der Waals surface area contributed by atoms with Gasteiger partial charge in [-0.05, 0) is 25.2 Å². The lowest BCUT2D eigenvalue weighted by atomic mass is 9.85. The largest absolute Gasteiger partial charge is 0.353 e. The molecule has 0 saturated carbocycles. The number of likely N-dealkylation sites (tertiary alicyclic amines) is 1. The van der Waals surface area contributed by atoms with E-state index in [0.717, 1.165) is 38.8 Å². The van der Waals surface area contributed by atoms with Crippen LogP contribution in [0.25, 0.3) is 0 Å². The number of rotatable bonds is 4. The van der Waals surface area contributed by atoms with E-state index in [1.165, 1.54) is 0 Å². The second kappa shape index (κ2) is 6.37. The van der Waals surface area contributed by atoms with E-state index in [2.05, 4.69) is 12.2 Å². The van der Waals surface area contributed by atoms with Crippen molar-refractivity contribution in [1.82, 2.24) is 10.2 Å². The topological polar surface area (TPSA) is 75.4 Å². The van der Waals surface area contributed by atoms with E-state index in [1.807, 2.05) is 4.90 Å². The molecule has 0 aromatic rings. The van der Waals surface area contributed by atoms with Crippen LogP contribution in [-0.2, 0) is 9.59 Å². The summed E-state index contributed by atoms with van der Waals surface area (Å²) in [6, 6.07) is 0.260. The van der Waals surface area contributed by atoms with Crippen LogP contribution in [0.2, 0.25) is 0 Å². The summed E-state index contributed by atoms with van der Waals surface area (Å²) in [7, 11) is 0. The Balaban J connectivity index is 1.83. The van der Waals surface area contributed by atoms with Crippen LogP contribution in [-0.4, -0.2) is 41.9 Å². The monoisotopic (exact) mass is 267 g/mol. The summed E-state index contributed by atoms with van der Waals surface area (Å²) in [5.41, 5.74) is 5.94. The Hall–Kier alpha value is -1.10. The Morgan fingerprint density at radius 2 is 2.32 bits per heavy atom. The molecule has 2 amide bonds. The molecule has 2 fully saturated rings. The fraction of sp³-hybridized carbons (Fsp3) is 0.857. The zero-order valence-corrected chi connectivity index (χ0v) is 11.7. The summed E-state index contributed by atoms with van der Waals surface area (Å²) in [5.74, 6) is 0.764. The number of carbonyl (C=O) groups is 2. The summed E-state index contributed by atoms with van der Waals surface area (Å²) < 4.78 is 0. The number of amides is 2. The van der Waals surface area contributed by atoms with Gasteiger partial charge in [0.15, 0.2) is 0 Å². The Morgan fingerprint density at radius 1 is 1.53 bits per heavy atom. The Kier molecular flexibility index (Phi) is 4.80. The van der Waals surface area contributed by atoms with Gasteiger partial charge in [-0.25, -0.2) is 0 Å². The zero-order chi connectivity index (χ0) is 13.8. The predicted octanol–water partition coefficient (Wildman–Crippen LogP) is 0.631. The number of nitrogens with zero attached hydrogens (tertiary/aromatic N) is 1. The standard InChI is InChI=1S/C14H25N3O2/c1-2-3-11(15)8-14(19)17-7-6-12-10(9-17)4-5-13(18)16-12/h10-12H,2-9,15H2,1H3,(H,16,18). The van der Waals surface area contributed by atoms with Crippen molar-refractivity contribution >= 4 is 11.8 Å². The highest BCUT2D eigenvalue weighted by Gasteiger charge is 2.35. The van der Waals surface area contributed by atoms with Gasteiger partial charge in [-0.3, -0.25) is 9.59 Å². The molecule has 2 aliphatic heterocycles. The lowest BCUT2D eigenvalue weighted by Gasteiger charge is -2.41. The average Bonchev–Trinajstić information content (AvgIpc) is 2.38. The van der Waals surface area contributed by atoms with Crippen molar-refractivity contribution < 1.29 is 9.59 Å². The lowest BCUT2D eigenvalue weighted by Crippen LogP contribution is -2.55. The molecule has 0 aromatic carbocycles. The van der Waals surface area contributed by atoms with Crippen molar-refractivity contribution in [3.63, 3.8) is 0 Å². The van der Waals surface area contributed by atoms with Gasteiger partial charge in [0.25, 0.3) is 0 Å². The van der Waals surface area contributed by atoms with Crippen LogP contribution in [0, 0.1) is 5.92 Å². The molecule has 3 unspecified atom stereocenters. The van der Waals surface area contributed by atoms with Gasteiger partial charge in [-0.1, -0.05) is 13.3 Å². The fourth-order valence-corrected chi connectivity index (χ4v) is 3.16. The molecule has 108 valence electrons. The molecular weight excluding hydrogens is 242 g/mol. The highest BCUT2D eigenvalue weighted by atomic mass is 16.2. The molecule has 3 atom stereocenters. The van der Waals surface area contributed by atoms with Crippen LogP contribution < -0.4 is 11.1 Å². The molecule has 2 aliphatic rings. The summed E-state index contributed by atoms with van der Waals surface area (Å²) in [6.07, 6.45) is 4.76. The quantitative estimate of drug-likeness (QED) is 0.784. The van der Waals surface area contributed by atoms with Gasteiger partial charge >= 0.3 is 0 Å². The van der Waals surface area contributed by atoms with Crippen LogP contribution >= 0.6 is 0 Å². The molecule has 5 nitrogen and oxygen atoms in total. The molecule has 0 aliphatic carbocycles. The molecular formula is C14H25N3O2. The van der Waals surface area contributed by atoms with Gasteiger partial charge in [0.05, 0.1) is 0 Å². The van der Waals surface area contributed by atoms with Crippen molar-refractivity contribution in [2.75, 3.05) is 13.1 Å². The zero-order valence-electron chi connectivity index (χ0n) is 11.7. The maximum Gasteiger partial charge on any atom is 0.224 e. The van der Waals surface area contributed by atoms with E-state index in [-0.39, 0.29) is 23.9 Å². The lowest BCUT2D eigenvalue weighted by molar-refractivity contribution is -0.135. The van der Waals surface area contributed by atoms with Gasteiger partial charge in [0.1, 0.15) is 0 Å². The average molecular weight is 267 g/mol. The first-order valence-electron chi connectivity index (χ1n) is 7.43. The van der Waals surface area contributed by atoms with Crippen LogP contribution in [0.15, 0.2) is 0 Å². The molecule has 3 N–H and O–H groups in total. The highest BCUT2D eigenvalue weighted by molar-refractivity contribution is 5.78. The van der Waals surface area contributed by atoms with Crippen LogP contribution in [0.3, 0.4) is 0 Å². The molecule has 2 rings (SSSR count). The van der Waals surface area contributed by atoms with Crippen molar-refractivity contribution in [3.05, 3.63) is 0 Å². The molecule has 0 bridgehead atoms. The van der Waals surface area contributed by atoms with Gasteiger partial charge < -0.3 is 16.0 Å². The van der Waals surface area contributed by atoms with E-state index in [1.54, 1.807) is 0 Å². The first-order chi connectivity index (χ1) is 9.10. The molecule has 2 saturated heterocycles. The van der Waals surface area contributed by atoms with Crippen LogP contribution in [0.5, 0.6) is 0 Å². The van der Waals surface area contributed by atoms with E-state index >= 15 is 0 Å². The smallest absolute Gasteiger partial charge is 0.224 e. The summed E-state index contributed by atoms with van der Waals surface area (Å²) in [6.45, 7) is 3.61. The molecule has 0 aromatic heterocycles. The first-order valence-corrected chi connectivity index (χ1v) is 7.43. The summed E-state index contributed by atoms with van der Waals surface area (Å²) in [5, 5.41) is 3.04. The minimum atomic E-state index is -0.0127. The summed E-state index contributed by atoms with van der Waals surface area (Å²) in [4.78, 5) is 25.5. The van der Waals surface area contributed by atoms with Crippen molar-refractivity contribution in [2.45, 2.75) is 57.5 Å². The third-order valence-corrected chi connectivity index (χ3v) is 4.27. The molecule has 19 heavy (non-hydrogen) atoms. The Labute approximate surface area is 114 Å². The number of nitrogens with one attached hydrogen (secondary N) is 1. The second-order valence-corrected chi connectivity index (χ2v) is 5.85. The molecule has 5 heteroatoms. The van der Waals surface area contributed by atoms with Crippen LogP contribution in [0.4, 0.5) is 0 Å². The van der Waals surface area contributed by atoms with Crippen molar-refractivity contribution in [3.8, 4) is 0 Å². The number of piperidine rings is 2. The third kappa shape index (κ3) is 3.69. The number of fused-ring (bicyclic) bond motifs is 1. The first kappa shape index (κ1) is 14.3. The number of carbonyl (C=O) groups excluding carboxylic acids is 2. The normalized spacial score (nSPS) is 28.5. The van der Waals surface area contributed by atoms with Crippen molar-refractivity contribution in [1.29, 1.82) is 0 Å². The van der Waals surface area contributed by atoms with E-state index in [9.17, 15) is 9.59 Å². The predicted molar refractivity (Wildman–Crippen MR) is 73.4 cm³/mol. The fourth-order valence-electron chi connectivity index (χ4n) is 3.16. The minimum Gasteiger partial charge on any atom is -0.353 e. The second-order valence-electron chi connectivity index (χ2n) is 5.85. The molecule has 2 heterocycles. The van der Waals surface area contributed by atoms with Crippen LogP contribution in [0.1, 0.15) is 45.4 Å². The van der Waals surface area contributed by atoms with E-state index < -0.39 is 0 Å². The third-order valence-electron chi connectivity index (χ3n) is 4.27. The van der Waals surface area contributed by atoms with Crippen molar-refractivity contribution in [2.24, 2.45) is 11.7 Å². The van der Waals surface area contributed by atoms with Gasteiger partial charge in [-0.15, -0.1) is 0 Å². The van der Waals surface area contributed by atoms with E-state index in [0.29, 0.717) is 18.8 Å². The SMILES string of the molecule is CCCC(N)CC(=O)N1CCC2NC(=O)CCC2C1. The maximum absolute atomic E-state index is 12.2. The highest BCUT2D eigenvalue weighted by Crippen LogP contribution is 2.25. The Morgan fingerprint density at radius 3 is 3.05 bits per heavy atom. The number of nitrogens with two attached hydrogens (primary N) is 1. The maximum atomic E-state index is 12.2. The van der Waals surface area contributed by atoms with Gasteiger partial charge in [0.2, 0.25) is 11.8 Å². The van der Waals surface area contributed by atoms with E-state index in [4.69, 9.17) is 5.73 Å². The summed E-state index contributed by atoms with van der Waals surface area (Å²) >= 11 is 0. The van der Waals surface area contributed by atoms with Gasteiger partial charge in [0, 0.05) is 38.0 Å². The Bertz CT molecular complexity index is 346. The minimum absolute atomic E-state index is 0.0127. The number of hydrogen-bond donors (Lipinski definition) is 2.